The molecule has 0 unspecified atom stereocenters. The van der Waals surface area contributed by atoms with Gasteiger partial charge in [-0.1, -0.05) is 66.4 Å². The van der Waals surface area contributed by atoms with Crippen LogP contribution in [0.15, 0.2) is 76.1 Å². The Morgan fingerprint density at radius 3 is 2.52 bits per heavy atom. The molecule has 1 saturated heterocycles. The first-order chi connectivity index (χ1) is 14.9. The molecule has 3 aromatic carbocycles. The zero-order valence-electron chi connectivity index (χ0n) is 17.1. The number of ether oxygens (including phenoxy) is 1. The zero-order valence-corrected chi connectivity index (χ0v) is 20.3. The van der Waals surface area contributed by atoms with E-state index in [1.54, 1.807) is 4.90 Å². The van der Waals surface area contributed by atoms with E-state index in [9.17, 15) is 4.79 Å². The third-order valence-corrected chi connectivity index (χ3v) is 6.96. The molecule has 0 aromatic heterocycles. The molecular formula is C25H20BrNO2S2. The van der Waals surface area contributed by atoms with Gasteiger partial charge in [0.25, 0.3) is 5.91 Å². The number of carbonyl (C=O) groups excluding carboxylic acids is 1. The van der Waals surface area contributed by atoms with Gasteiger partial charge in [0.2, 0.25) is 0 Å². The topological polar surface area (TPSA) is 29.5 Å². The monoisotopic (exact) mass is 509 g/mol. The van der Waals surface area contributed by atoms with Gasteiger partial charge in [0.05, 0.1) is 15.1 Å². The van der Waals surface area contributed by atoms with E-state index in [-0.39, 0.29) is 5.91 Å². The van der Waals surface area contributed by atoms with Gasteiger partial charge in [-0.15, -0.1) is 0 Å². The van der Waals surface area contributed by atoms with E-state index in [2.05, 4.69) is 22.9 Å². The fraction of sp³-hybridized carbons (Fsp3) is 0.120. The van der Waals surface area contributed by atoms with E-state index in [4.69, 9.17) is 17.0 Å². The van der Waals surface area contributed by atoms with Crippen molar-refractivity contribution in [2.45, 2.75) is 20.5 Å². The molecule has 0 saturated carbocycles. The minimum atomic E-state index is -0.0984. The van der Waals surface area contributed by atoms with E-state index < -0.39 is 0 Å². The van der Waals surface area contributed by atoms with Crippen molar-refractivity contribution in [3.05, 3.63) is 98.4 Å². The predicted molar refractivity (Wildman–Crippen MR) is 136 cm³/mol. The molecule has 1 fully saturated rings. The average Bonchev–Trinajstić information content (AvgIpc) is 3.03. The number of halogens is 1. The maximum Gasteiger partial charge on any atom is 0.270 e. The van der Waals surface area contributed by atoms with Gasteiger partial charge in [0.1, 0.15) is 12.4 Å². The van der Waals surface area contributed by atoms with Gasteiger partial charge in [-0.3, -0.25) is 9.69 Å². The molecule has 0 spiro atoms. The molecule has 3 aromatic rings. The molecule has 3 nitrogen and oxygen atoms in total. The highest BCUT2D eigenvalue weighted by molar-refractivity contribution is 9.10. The van der Waals surface area contributed by atoms with Crippen LogP contribution in [0.1, 0.15) is 22.3 Å². The summed E-state index contributed by atoms with van der Waals surface area (Å²) in [5.41, 5.74) is 5.13. The van der Waals surface area contributed by atoms with Gasteiger partial charge < -0.3 is 4.74 Å². The summed E-state index contributed by atoms with van der Waals surface area (Å²) in [6.07, 6.45) is 1.87. The average molecular weight is 510 g/mol. The van der Waals surface area contributed by atoms with E-state index in [0.717, 1.165) is 32.6 Å². The number of carbonyl (C=O) groups is 1. The van der Waals surface area contributed by atoms with E-state index in [1.165, 1.54) is 17.3 Å². The Kier molecular flexibility index (Phi) is 6.60. The molecule has 156 valence electrons. The summed E-state index contributed by atoms with van der Waals surface area (Å²) in [7, 11) is 0. The molecule has 4 rings (SSSR count). The van der Waals surface area contributed by atoms with Crippen LogP contribution in [0, 0.1) is 13.8 Å². The minimum Gasteiger partial charge on any atom is -0.488 e. The van der Waals surface area contributed by atoms with Crippen molar-refractivity contribution in [2.75, 3.05) is 4.90 Å². The Morgan fingerprint density at radius 2 is 1.81 bits per heavy atom. The summed E-state index contributed by atoms with van der Waals surface area (Å²) >= 11 is 10.4. The second-order valence-electron chi connectivity index (χ2n) is 7.25. The van der Waals surface area contributed by atoms with Crippen molar-refractivity contribution < 1.29 is 9.53 Å². The van der Waals surface area contributed by atoms with Crippen LogP contribution in [0.3, 0.4) is 0 Å². The molecule has 0 aliphatic carbocycles. The maximum absolute atomic E-state index is 13.0. The lowest BCUT2D eigenvalue weighted by Crippen LogP contribution is -2.27. The van der Waals surface area contributed by atoms with Gasteiger partial charge in [-0.2, -0.15) is 0 Å². The normalized spacial score (nSPS) is 15.1. The van der Waals surface area contributed by atoms with E-state index in [0.29, 0.717) is 15.8 Å². The molecule has 0 N–H and O–H groups in total. The number of thioether (sulfide) groups is 1. The first-order valence-corrected chi connectivity index (χ1v) is 11.8. The second-order valence-corrected chi connectivity index (χ2v) is 9.78. The predicted octanol–water partition coefficient (Wildman–Crippen LogP) is 7.05. The molecule has 31 heavy (non-hydrogen) atoms. The molecule has 1 aliphatic rings. The number of amides is 1. The summed E-state index contributed by atoms with van der Waals surface area (Å²) in [5, 5.41) is 0. The second kappa shape index (κ2) is 9.39. The number of aryl methyl sites for hydroxylation is 2. The van der Waals surface area contributed by atoms with Gasteiger partial charge in [0, 0.05) is 0 Å². The summed E-state index contributed by atoms with van der Waals surface area (Å²) in [6.45, 7) is 4.58. The first-order valence-electron chi connectivity index (χ1n) is 9.74. The van der Waals surface area contributed by atoms with Crippen LogP contribution in [0.4, 0.5) is 5.69 Å². The van der Waals surface area contributed by atoms with Crippen molar-refractivity contribution >= 4 is 61.9 Å². The molecule has 0 bridgehead atoms. The third kappa shape index (κ3) is 4.92. The summed E-state index contributed by atoms with van der Waals surface area (Å²) < 4.78 is 7.29. The summed E-state index contributed by atoms with van der Waals surface area (Å²) in [5.74, 6) is 0.655. The molecular weight excluding hydrogens is 490 g/mol. The van der Waals surface area contributed by atoms with Gasteiger partial charge in [-0.05, 0) is 82.4 Å². The SMILES string of the molecule is Cc1ccc(N2C(=O)/C(=C\c3ccc(OCc4ccccc4)c(Br)c3)SC2=S)cc1C. The van der Waals surface area contributed by atoms with Crippen molar-refractivity contribution in [3.63, 3.8) is 0 Å². The Hall–Kier alpha value is -2.41. The standard InChI is InChI=1S/C25H20BrNO2S2/c1-16-8-10-20(12-17(16)2)27-24(28)23(31-25(27)30)14-19-9-11-22(21(26)13-19)29-15-18-6-4-3-5-7-18/h3-14H,15H2,1-2H3/b23-14+. The molecule has 1 heterocycles. The number of hydrogen-bond acceptors (Lipinski definition) is 4. The van der Waals surface area contributed by atoms with Gasteiger partial charge in [-0.25, -0.2) is 0 Å². The van der Waals surface area contributed by atoms with Crippen LogP contribution < -0.4 is 9.64 Å². The van der Waals surface area contributed by atoms with Crippen LogP contribution in [0.5, 0.6) is 5.75 Å². The van der Waals surface area contributed by atoms with Crippen LogP contribution in [-0.4, -0.2) is 10.2 Å². The fourth-order valence-corrected chi connectivity index (χ4v) is 4.98. The lowest BCUT2D eigenvalue weighted by atomic mass is 10.1. The number of nitrogens with zero attached hydrogens (tertiary/aromatic N) is 1. The van der Waals surface area contributed by atoms with Crippen molar-refractivity contribution in [2.24, 2.45) is 0 Å². The Labute approximate surface area is 200 Å². The minimum absolute atomic E-state index is 0.0984. The van der Waals surface area contributed by atoms with E-state index >= 15 is 0 Å². The van der Waals surface area contributed by atoms with Gasteiger partial charge >= 0.3 is 0 Å². The van der Waals surface area contributed by atoms with Gasteiger partial charge in [0.15, 0.2) is 4.32 Å². The molecule has 0 atom stereocenters. The highest BCUT2D eigenvalue weighted by atomic mass is 79.9. The van der Waals surface area contributed by atoms with Crippen molar-refractivity contribution in [3.8, 4) is 5.75 Å². The zero-order chi connectivity index (χ0) is 22.0. The molecule has 1 aliphatic heterocycles. The highest BCUT2D eigenvalue weighted by Gasteiger charge is 2.33. The molecule has 0 radical (unpaired) electrons. The number of benzene rings is 3. The van der Waals surface area contributed by atoms with Crippen LogP contribution >= 0.6 is 39.9 Å². The Morgan fingerprint density at radius 1 is 1.03 bits per heavy atom. The van der Waals surface area contributed by atoms with Crippen molar-refractivity contribution in [1.82, 2.24) is 0 Å². The molecule has 1 amide bonds. The number of hydrogen-bond donors (Lipinski definition) is 0. The largest absolute Gasteiger partial charge is 0.488 e. The van der Waals surface area contributed by atoms with Crippen molar-refractivity contribution in [1.29, 1.82) is 0 Å². The first kappa shape index (κ1) is 21.8. The van der Waals surface area contributed by atoms with E-state index in [1.807, 2.05) is 79.7 Å². The fourth-order valence-electron chi connectivity index (χ4n) is 3.17. The summed E-state index contributed by atoms with van der Waals surface area (Å²) in [6, 6.07) is 21.8. The lowest BCUT2D eigenvalue weighted by Gasteiger charge is -2.15. The van der Waals surface area contributed by atoms with Crippen LogP contribution in [0.25, 0.3) is 6.08 Å². The Bertz CT molecular complexity index is 1190. The lowest BCUT2D eigenvalue weighted by molar-refractivity contribution is -0.113. The maximum atomic E-state index is 13.0. The highest BCUT2D eigenvalue weighted by Crippen LogP contribution is 2.37. The quantitative estimate of drug-likeness (QED) is 0.272. The number of rotatable bonds is 5. The number of thiocarbonyl (C=S) groups is 1. The van der Waals surface area contributed by atoms with Crippen LogP contribution in [0.2, 0.25) is 0 Å². The number of anilines is 1. The van der Waals surface area contributed by atoms with Crippen LogP contribution in [-0.2, 0) is 11.4 Å². The third-order valence-electron chi connectivity index (χ3n) is 5.03. The Balaban J connectivity index is 1.51. The summed E-state index contributed by atoms with van der Waals surface area (Å²) in [4.78, 5) is 15.2. The smallest absolute Gasteiger partial charge is 0.270 e. The molecule has 6 heteroatoms.